The molecule has 0 saturated carbocycles. The molecule has 37 heavy (non-hydrogen) atoms. The van der Waals surface area contributed by atoms with Gasteiger partial charge in [-0.25, -0.2) is 0 Å². The molecule has 0 bridgehead atoms. The monoisotopic (exact) mass is 498 g/mol. The van der Waals surface area contributed by atoms with Crippen LogP contribution in [-0.2, 0) is 5.41 Å². The first kappa shape index (κ1) is 24.2. The van der Waals surface area contributed by atoms with Gasteiger partial charge in [0.05, 0.1) is 0 Å². The van der Waals surface area contributed by atoms with Crippen molar-refractivity contribution in [3.8, 4) is 11.1 Å². The van der Waals surface area contributed by atoms with Crippen LogP contribution < -0.4 is 5.19 Å². The lowest BCUT2D eigenvalue weighted by Gasteiger charge is -2.43. The van der Waals surface area contributed by atoms with E-state index in [4.69, 9.17) is 6.58 Å². The standard InChI is InChI=1S/C36H38Si/c1-22(2)37(23(3)4)34-24(5)26-18-12-13-19-27(26)31(34)32-29-21-15-14-20-28(29)30(25-16-10-9-11-17-25)33(35(32)37)36(6,7)8/h9-23H,5H2,1-4,6-8H3. The molecule has 0 nitrogen and oxygen atoms in total. The summed E-state index contributed by atoms with van der Waals surface area (Å²) >= 11 is 0. The lowest BCUT2D eigenvalue weighted by molar-refractivity contribution is 0.595. The Hall–Kier alpha value is -3.16. The van der Waals surface area contributed by atoms with E-state index in [0.717, 1.165) is 0 Å². The second-order valence-electron chi connectivity index (χ2n) is 12.6. The van der Waals surface area contributed by atoms with Gasteiger partial charge in [0.15, 0.2) is 0 Å². The summed E-state index contributed by atoms with van der Waals surface area (Å²) in [4.78, 5) is 0. The van der Waals surface area contributed by atoms with Crippen LogP contribution in [0.25, 0.3) is 33.0 Å². The fraction of sp³-hybridized carbons (Fsp3) is 0.278. The molecule has 0 aromatic heterocycles. The van der Waals surface area contributed by atoms with Crippen molar-refractivity contribution in [1.82, 2.24) is 0 Å². The molecule has 4 aromatic carbocycles. The number of fused-ring (bicyclic) bond motifs is 6. The number of hydrogen-bond acceptors (Lipinski definition) is 0. The maximum absolute atomic E-state index is 4.81. The fourth-order valence-electron chi connectivity index (χ4n) is 7.81. The lowest BCUT2D eigenvalue weighted by atomic mass is 9.77. The van der Waals surface area contributed by atoms with Crippen molar-refractivity contribution in [2.45, 2.75) is 65.0 Å². The largest absolute Gasteiger partial charge is 0.125 e. The fourth-order valence-corrected chi connectivity index (χ4v) is 14.6. The van der Waals surface area contributed by atoms with Crippen LogP contribution in [0.2, 0.25) is 11.1 Å². The highest BCUT2D eigenvalue weighted by Crippen LogP contribution is 2.60. The third kappa shape index (κ3) is 3.07. The van der Waals surface area contributed by atoms with Crippen LogP contribution in [0.1, 0.15) is 70.7 Å². The van der Waals surface area contributed by atoms with E-state index in [9.17, 15) is 0 Å². The average molecular weight is 499 g/mol. The van der Waals surface area contributed by atoms with Crippen molar-refractivity contribution >= 4 is 35.2 Å². The van der Waals surface area contributed by atoms with E-state index in [-0.39, 0.29) is 5.41 Å². The highest BCUT2D eigenvalue weighted by Gasteiger charge is 2.57. The van der Waals surface area contributed by atoms with Gasteiger partial charge in [-0.15, -0.1) is 0 Å². The smallest absolute Gasteiger partial charge is 0.0912 e. The first-order valence-electron chi connectivity index (χ1n) is 13.8. The predicted molar refractivity (Wildman–Crippen MR) is 165 cm³/mol. The summed E-state index contributed by atoms with van der Waals surface area (Å²) in [6.07, 6.45) is 0. The Bertz CT molecular complexity index is 1600. The van der Waals surface area contributed by atoms with Gasteiger partial charge in [-0.1, -0.05) is 134 Å². The first-order chi connectivity index (χ1) is 17.6. The summed E-state index contributed by atoms with van der Waals surface area (Å²) in [6.45, 7) is 22.1. The molecule has 1 aliphatic heterocycles. The predicted octanol–water partition coefficient (Wildman–Crippen LogP) is 9.66. The molecule has 0 unspecified atom stereocenters. The lowest BCUT2D eigenvalue weighted by Crippen LogP contribution is -2.56. The number of hydrogen-bond donors (Lipinski definition) is 0. The maximum Gasteiger partial charge on any atom is 0.125 e. The zero-order valence-electron chi connectivity index (χ0n) is 23.4. The van der Waals surface area contributed by atoms with Crippen molar-refractivity contribution in [2.75, 3.05) is 0 Å². The minimum absolute atomic E-state index is 0.0120. The maximum atomic E-state index is 4.81. The molecular weight excluding hydrogens is 460 g/mol. The molecule has 0 radical (unpaired) electrons. The minimum Gasteiger partial charge on any atom is -0.0912 e. The molecule has 1 heteroatoms. The normalized spacial score (nSPS) is 16.1. The number of benzene rings is 4. The topological polar surface area (TPSA) is 0 Å². The van der Waals surface area contributed by atoms with Gasteiger partial charge in [-0.05, 0) is 82.2 Å². The van der Waals surface area contributed by atoms with Crippen molar-refractivity contribution in [3.63, 3.8) is 0 Å². The summed E-state index contributed by atoms with van der Waals surface area (Å²) in [6, 6.07) is 29.3. The molecule has 186 valence electrons. The first-order valence-corrected chi connectivity index (χ1v) is 16.0. The molecular formula is C36H38Si. The second-order valence-corrected chi connectivity index (χ2v) is 17.7. The molecule has 0 saturated heterocycles. The van der Waals surface area contributed by atoms with Gasteiger partial charge in [-0.2, -0.15) is 0 Å². The molecule has 4 aromatic rings. The number of rotatable bonds is 3. The summed E-state index contributed by atoms with van der Waals surface area (Å²) < 4.78 is 0. The van der Waals surface area contributed by atoms with Gasteiger partial charge in [0, 0.05) is 0 Å². The van der Waals surface area contributed by atoms with Crippen LogP contribution in [0.4, 0.5) is 0 Å². The van der Waals surface area contributed by atoms with Crippen LogP contribution in [0.3, 0.4) is 0 Å². The molecule has 0 amide bonds. The van der Waals surface area contributed by atoms with Crippen molar-refractivity contribution in [3.05, 3.63) is 113 Å². The van der Waals surface area contributed by atoms with Crippen molar-refractivity contribution in [2.24, 2.45) is 0 Å². The molecule has 6 rings (SSSR count). The van der Waals surface area contributed by atoms with Crippen LogP contribution in [0, 0.1) is 0 Å². The summed E-state index contributed by atoms with van der Waals surface area (Å²) in [5.41, 5.74) is 12.4. The third-order valence-corrected chi connectivity index (χ3v) is 15.3. The van der Waals surface area contributed by atoms with Gasteiger partial charge >= 0.3 is 0 Å². The average Bonchev–Trinajstić information content (AvgIpc) is 3.34. The number of allylic oxidation sites excluding steroid dienone is 2. The third-order valence-electron chi connectivity index (χ3n) is 9.00. The van der Waals surface area contributed by atoms with Crippen molar-refractivity contribution < 1.29 is 0 Å². The van der Waals surface area contributed by atoms with Gasteiger partial charge in [0.1, 0.15) is 8.07 Å². The van der Waals surface area contributed by atoms with Crippen LogP contribution in [0.5, 0.6) is 0 Å². The Morgan fingerprint density at radius 3 is 1.73 bits per heavy atom. The summed E-state index contributed by atoms with van der Waals surface area (Å²) in [5, 5.41) is 6.06. The Balaban J connectivity index is 1.93. The van der Waals surface area contributed by atoms with Gasteiger partial charge in [-0.3, -0.25) is 0 Å². The minimum atomic E-state index is -2.25. The van der Waals surface area contributed by atoms with E-state index < -0.39 is 8.07 Å². The van der Waals surface area contributed by atoms with E-state index in [1.54, 1.807) is 15.9 Å². The van der Waals surface area contributed by atoms with E-state index in [0.29, 0.717) is 11.1 Å². The highest BCUT2D eigenvalue weighted by molar-refractivity contribution is 7.05. The molecule has 0 spiro atoms. The van der Waals surface area contributed by atoms with E-state index in [1.807, 2.05) is 0 Å². The van der Waals surface area contributed by atoms with Gasteiger partial charge in [0.25, 0.3) is 0 Å². The van der Waals surface area contributed by atoms with E-state index in [1.165, 1.54) is 49.7 Å². The molecule has 0 N–H and O–H groups in total. The van der Waals surface area contributed by atoms with Gasteiger partial charge < -0.3 is 0 Å². The Labute approximate surface area is 223 Å². The Kier molecular flexibility index (Phi) is 5.34. The van der Waals surface area contributed by atoms with E-state index in [2.05, 4.69) is 127 Å². The molecule has 1 aliphatic carbocycles. The van der Waals surface area contributed by atoms with E-state index >= 15 is 0 Å². The van der Waals surface area contributed by atoms with Crippen molar-refractivity contribution in [1.29, 1.82) is 0 Å². The highest BCUT2D eigenvalue weighted by atomic mass is 28.3. The zero-order chi connectivity index (χ0) is 26.3. The summed E-state index contributed by atoms with van der Waals surface area (Å²) in [5.74, 6) is 0. The summed E-state index contributed by atoms with van der Waals surface area (Å²) in [7, 11) is -2.25. The molecule has 1 heterocycles. The van der Waals surface area contributed by atoms with Crippen LogP contribution in [-0.4, -0.2) is 8.07 Å². The van der Waals surface area contributed by atoms with Gasteiger partial charge in [0.2, 0.25) is 0 Å². The zero-order valence-corrected chi connectivity index (χ0v) is 24.4. The van der Waals surface area contributed by atoms with Crippen LogP contribution in [0.15, 0.2) is 90.6 Å². The SMILES string of the molecule is C=C1C2=C(c3ccccc31)c1c(c(C(C)(C)C)c(-c3ccccc3)c3ccccc13)[Si]2(C(C)C)C(C)C. The quantitative estimate of drug-likeness (QED) is 0.247. The second kappa shape index (κ2) is 8.17. The Morgan fingerprint density at radius 1 is 0.649 bits per heavy atom. The Morgan fingerprint density at radius 2 is 1.16 bits per heavy atom. The molecule has 0 fully saturated rings. The molecule has 0 atom stereocenters. The van der Waals surface area contributed by atoms with Crippen LogP contribution >= 0.6 is 0 Å². The molecule has 2 aliphatic rings.